The van der Waals surface area contributed by atoms with Gasteiger partial charge >= 0.3 is 0 Å². The molecule has 1 rings (SSSR count). The lowest BCUT2D eigenvalue weighted by molar-refractivity contribution is 0.418. The average Bonchev–Trinajstić information content (AvgIpc) is 2.64. The van der Waals surface area contributed by atoms with E-state index in [0.717, 1.165) is 11.3 Å². The third-order valence-corrected chi connectivity index (χ3v) is 5.30. The van der Waals surface area contributed by atoms with Crippen LogP contribution in [0.1, 0.15) is 19.4 Å². The van der Waals surface area contributed by atoms with Crippen LogP contribution in [0.4, 0.5) is 0 Å². The Balaban J connectivity index is 3.08. The molecule has 6 heteroatoms. The summed E-state index contributed by atoms with van der Waals surface area (Å²) < 4.78 is 25.6. The normalized spacial score (nSPS) is 12.0. The van der Waals surface area contributed by atoms with Crippen molar-refractivity contribution in [3.63, 3.8) is 0 Å². The Labute approximate surface area is 100 Å². The second-order valence-electron chi connectivity index (χ2n) is 3.91. The quantitative estimate of drug-likeness (QED) is 0.828. The van der Waals surface area contributed by atoms with Gasteiger partial charge in [0.15, 0.2) is 4.21 Å². The summed E-state index contributed by atoms with van der Waals surface area (Å²) in [7, 11) is -1.97. The Kier molecular flexibility index (Phi) is 4.08. The molecule has 0 unspecified atom stereocenters. The first-order valence-corrected chi connectivity index (χ1v) is 7.15. The van der Waals surface area contributed by atoms with E-state index in [-0.39, 0.29) is 15.7 Å². The van der Waals surface area contributed by atoms with Gasteiger partial charge in [-0.15, -0.1) is 11.3 Å². The van der Waals surface area contributed by atoms with Crippen molar-refractivity contribution in [2.75, 3.05) is 13.6 Å². The smallest absolute Gasteiger partial charge is 0.206 e. The minimum atomic E-state index is -3.50. The van der Waals surface area contributed by atoms with Gasteiger partial charge in [0.25, 0.3) is 10.0 Å². The molecule has 1 aromatic heterocycles. The van der Waals surface area contributed by atoms with Crippen LogP contribution in [-0.2, 0) is 10.0 Å². The number of sulfonamides is 1. The average molecular weight is 258 g/mol. The van der Waals surface area contributed by atoms with E-state index in [0.29, 0.717) is 6.54 Å². The van der Waals surface area contributed by atoms with Gasteiger partial charge in [-0.05, 0) is 17.4 Å². The number of hydrogen-bond acceptors (Lipinski definition) is 4. The van der Waals surface area contributed by atoms with Crippen LogP contribution in [0.15, 0.2) is 15.7 Å². The maximum atomic E-state index is 12.1. The molecule has 0 aromatic carbocycles. The molecule has 0 aliphatic rings. The Hall–Kier alpha value is -0.900. The maximum Gasteiger partial charge on any atom is 0.253 e. The van der Waals surface area contributed by atoms with Crippen molar-refractivity contribution in [1.29, 1.82) is 5.26 Å². The van der Waals surface area contributed by atoms with Gasteiger partial charge in [0.2, 0.25) is 0 Å². The Morgan fingerprint density at radius 2 is 2.19 bits per heavy atom. The van der Waals surface area contributed by atoms with Crippen LogP contribution in [0.25, 0.3) is 0 Å². The molecule has 0 aliphatic heterocycles. The van der Waals surface area contributed by atoms with E-state index in [9.17, 15) is 8.42 Å². The fourth-order valence-corrected chi connectivity index (χ4v) is 4.10. The predicted octanol–water partition coefficient (Wildman–Crippen LogP) is 1.90. The summed E-state index contributed by atoms with van der Waals surface area (Å²) in [6.45, 7) is 4.35. The number of hydrogen-bond donors (Lipinski definition) is 0. The van der Waals surface area contributed by atoms with E-state index >= 15 is 0 Å². The van der Waals surface area contributed by atoms with Gasteiger partial charge in [-0.25, -0.2) is 8.42 Å². The lowest BCUT2D eigenvalue weighted by Crippen LogP contribution is -2.30. The fraction of sp³-hybridized carbons (Fsp3) is 0.500. The van der Waals surface area contributed by atoms with E-state index in [1.54, 1.807) is 5.38 Å². The van der Waals surface area contributed by atoms with Crippen LogP contribution in [0, 0.1) is 17.2 Å². The molecule has 0 amide bonds. The lowest BCUT2D eigenvalue weighted by Gasteiger charge is -2.18. The Morgan fingerprint density at radius 3 is 2.69 bits per heavy atom. The monoisotopic (exact) mass is 258 g/mol. The largest absolute Gasteiger partial charge is 0.253 e. The Bertz CT molecular complexity index is 497. The van der Waals surface area contributed by atoms with Crippen LogP contribution in [-0.4, -0.2) is 26.3 Å². The molecule has 0 atom stereocenters. The Morgan fingerprint density at radius 1 is 1.56 bits per heavy atom. The van der Waals surface area contributed by atoms with Crippen LogP contribution < -0.4 is 0 Å². The second-order valence-corrected chi connectivity index (χ2v) is 7.07. The van der Waals surface area contributed by atoms with Gasteiger partial charge in [-0.3, -0.25) is 0 Å². The number of thiophene rings is 1. The van der Waals surface area contributed by atoms with Crippen molar-refractivity contribution in [3.05, 3.63) is 17.0 Å². The van der Waals surface area contributed by atoms with Crippen molar-refractivity contribution in [3.8, 4) is 6.07 Å². The summed E-state index contributed by atoms with van der Waals surface area (Å²) in [5.41, 5.74) is 0.223. The fourth-order valence-electron chi connectivity index (χ4n) is 1.33. The number of nitriles is 1. The highest BCUT2D eigenvalue weighted by Gasteiger charge is 2.25. The molecule has 4 nitrogen and oxygen atoms in total. The molecule has 0 N–H and O–H groups in total. The minimum absolute atomic E-state index is 0.137. The van der Waals surface area contributed by atoms with Gasteiger partial charge < -0.3 is 0 Å². The summed E-state index contributed by atoms with van der Waals surface area (Å²) >= 11 is 1.08. The molecule has 0 saturated carbocycles. The SMILES string of the molecule is CC(C)CN(C)S(=O)(=O)c1sccc1C#N. The molecule has 0 spiro atoms. The summed E-state index contributed by atoms with van der Waals surface area (Å²) in [4.78, 5) is 0. The summed E-state index contributed by atoms with van der Waals surface area (Å²) in [5, 5.41) is 10.4. The van der Waals surface area contributed by atoms with E-state index < -0.39 is 10.0 Å². The number of rotatable bonds is 4. The van der Waals surface area contributed by atoms with Crippen molar-refractivity contribution in [1.82, 2.24) is 4.31 Å². The van der Waals surface area contributed by atoms with Crippen LogP contribution in [0.5, 0.6) is 0 Å². The van der Waals surface area contributed by atoms with E-state index in [1.807, 2.05) is 19.9 Å². The molecule has 1 heterocycles. The zero-order valence-electron chi connectivity index (χ0n) is 9.47. The zero-order chi connectivity index (χ0) is 12.3. The van der Waals surface area contributed by atoms with Crippen molar-refractivity contribution in [2.45, 2.75) is 18.1 Å². The van der Waals surface area contributed by atoms with E-state index in [2.05, 4.69) is 0 Å². The van der Waals surface area contributed by atoms with E-state index in [4.69, 9.17) is 5.26 Å². The highest BCUT2D eigenvalue weighted by atomic mass is 32.2. The molecular formula is C10H14N2O2S2. The first-order chi connectivity index (χ1) is 7.39. The highest BCUT2D eigenvalue weighted by Crippen LogP contribution is 2.25. The molecule has 0 bridgehead atoms. The van der Waals surface area contributed by atoms with Gasteiger partial charge in [-0.1, -0.05) is 13.8 Å². The van der Waals surface area contributed by atoms with Crippen LogP contribution >= 0.6 is 11.3 Å². The molecule has 16 heavy (non-hydrogen) atoms. The third kappa shape index (κ3) is 2.61. The van der Waals surface area contributed by atoms with Crippen molar-refractivity contribution in [2.24, 2.45) is 5.92 Å². The summed E-state index contributed by atoms with van der Waals surface area (Å²) in [6.07, 6.45) is 0. The molecule has 88 valence electrons. The summed E-state index contributed by atoms with van der Waals surface area (Å²) in [5.74, 6) is 0.255. The molecule has 1 aromatic rings. The van der Waals surface area contributed by atoms with Crippen LogP contribution in [0.2, 0.25) is 0 Å². The molecule has 0 fully saturated rings. The third-order valence-electron chi connectivity index (χ3n) is 2.02. The maximum absolute atomic E-state index is 12.1. The molecule has 0 radical (unpaired) electrons. The first-order valence-electron chi connectivity index (χ1n) is 4.83. The standard InChI is InChI=1S/C10H14N2O2S2/c1-8(2)7-12(3)16(13,14)10-9(6-11)4-5-15-10/h4-5,8H,7H2,1-3H3. The molecule has 0 aliphatic carbocycles. The zero-order valence-corrected chi connectivity index (χ0v) is 11.1. The van der Waals surface area contributed by atoms with Gasteiger partial charge in [0.05, 0.1) is 5.56 Å². The highest BCUT2D eigenvalue weighted by molar-refractivity contribution is 7.91. The topological polar surface area (TPSA) is 61.2 Å². The van der Waals surface area contributed by atoms with Gasteiger partial charge in [0.1, 0.15) is 6.07 Å². The van der Waals surface area contributed by atoms with E-state index in [1.165, 1.54) is 17.4 Å². The van der Waals surface area contributed by atoms with Gasteiger partial charge in [0, 0.05) is 13.6 Å². The first kappa shape index (κ1) is 13.2. The minimum Gasteiger partial charge on any atom is -0.206 e. The van der Waals surface area contributed by atoms with Crippen molar-refractivity contribution < 1.29 is 8.42 Å². The predicted molar refractivity (Wildman–Crippen MR) is 63.7 cm³/mol. The second kappa shape index (κ2) is 4.95. The molecule has 0 saturated heterocycles. The van der Waals surface area contributed by atoms with Crippen LogP contribution in [0.3, 0.4) is 0 Å². The van der Waals surface area contributed by atoms with Crippen molar-refractivity contribution >= 4 is 21.4 Å². The van der Waals surface area contributed by atoms with Gasteiger partial charge in [-0.2, -0.15) is 9.57 Å². The number of nitrogens with zero attached hydrogens (tertiary/aromatic N) is 2. The molecular weight excluding hydrogens is 244 g/mol. The lowest BCUT2D eigenvalue weighted by atomic mass is 10.2. The summed E-state index contributed by atoms with van der Waals surface area (Å²) in [6, 6.07) is 3.42.